The summed E-state index contributed by atoms with van der Waals surface area (Å²) in [6, 6.07) is 13.7. The quantitative estimate of drug-likeness (QED) is 0.475. The van der Waals surface area contributed by atoms with Gasteiger partial charge in [0.25, 0.3) is 5.91 Å². The van der Waals surface area contributed by atoms with E-state index in [1.54, 1.807) is 13.0 Å². The summed E-state index contributed by atoms with van der Waals surface area (Å²) in [6.07, 6.45) is 0.807. The van der Waals surface area contributed by atoms with Gasteiger partial charge in [-0.05, 0) is 36.6 Å². The Morgan fingerprint density at radius 2 is 1.86 bits per heavy atom. The molecule has 2 aromatic carbocycles. The van der Waals surface area contributed by atoms with Crippen molar-refractivity contribution in [2.45, 2.75) is 32.4 Å². The first-order valence-corrected chi connectivity index (χ1v) is 10.1. The third-order valence-electron chi connectivity index (χ3n) is 5.32. The molecule has 1 aliphatic rings. The molecule has 3 amide bonds. The minimum atomic E-state index is -1.19. The third kappa shape index (κ3) is 3.25. The van der Waals surface area contributed by atoms with Gasteiger partial charge in [0.15, 0.2) is 0 Å². The zero-order chi connectivity index (χ0) is 20.8. The van der Waals surface area contributed by atoms with Gasteiger partial charge in [-0.25, -0.2) is 9.59 Å². The average molecular weight is 455 g/mol. The number of hydrogen-bond donors (Lipinski definition) is 1. The predicted molar refractivity (Wildman–Crippen MR) is 112 cm³/mol. The average Bonchev–Trinajstić information content (AvgIpc) is 2.91. The fourth-order valence-corrected chi connectivity index (χ4v) is 4.37. The maximum absolute atomic E-state index is 13.2. The summed E-state index contributed by atoms with van der Waals surface area (Å²) in [6.45, 7) is 3.68. The number of carbonyl (C=O) groups is 2. The minimum Gasteiger partial charge on any atom is -0.423 e. The molecule has 0 spiro atoms. The molecule has 148 valence electrons. The predicted octanol–water partition coefficient (Wildman–Crippen LogP) is 4.09. The number of aryl methyl sites for hydroxylation is 1. The van der Waals surface area contributed by atoms with E-state index in [2.05, 4.69) is 21.2 Å². The van der Waals surface area contributed by atoms with Gasteiger partial charge in [-0.15, -0.1) is 0 Å². The lowest BCUT2D eigenvalue weighted by Crippen LogP contribution is -2.41. The standard InChI is InChI=1S/C22H19BrN2O4/c1-3-13-8-9-15-14(11-19(26)29-18(15)10-13)12-25-20(27)22(2,24-21(25)28)16-6-4-5-7-17(16)23/h4-11H,3,12H2,1-2H3,(H,24,28). The Bertz CT molecular complexity index is 1200. The van der Waals surface area contributed by atoms with Crippen molar-refractivity contribution in [2.75, 3.05) is 0 Å². The zero-order valence-corrected chi connectivity index (χ0v) is 17.6. The lowest BCUT2D eigenvalue weighted by molar-refractivity contribution is -0.131. The van der Waals surface area contributed by atoms with Gasteiger partial charge in [0, 0.05) is 21.5 Å². The van der Waals surface area contributed by atoms with Crippen LogP contribution in [0.1, 0.15) is 30.5 Å². The number of benzene rings is 2. The van der Waals surface area contributed by atoms with E-state index >= 15 is 0 Å². The second-order valence-electron chi connectivity index (χ2n) is 7.20. The number of hydrogen-bond acceptors (Lipinski definition) is 4. The maximum Gasteiger partial charge on any atom is 0.336 e. The van der Waals surface area contributed by atoms with Gasteiger partial charge in [-0.2, -0.15) is 0 Å². The van der Waals surface area contributed by atoms with Crippen molar-refractivity contribution in [2.24, 2.45) is 0 Å². The van der Waals surface area contributed by atoms with Gasteiger partial charge in [0.2, 0.25) is 0 Å². The number of urea groups is 1. The van der Waals surface area contributed by atoms with Crippen LogP contribution < -0.4 is 10.9 Å². The fraction of sp³-hybridized carbons (Fsp3) is 0.227. The molecule has 0 saturated carbocycles. The molecule has 29 heavy (non-hydrogen) atoms. The number of fused-ring (bicyclic) bond motifs is 1. The molecule has 0 bridgehead atoms. The number of carbonyl (C=O) groups excluding carboxylic acids is 2. The number of halogens is 1. The van der Waals surface area contributed by atoms with E-state index in [1.165, 1.54) is 6.07 Å². The summed E-state index contributed by atoms with van der Waals surface area (Å²) in [7, 11) is 0. The number of rotatable bonds is 4. The Labute approximate surface area is 175 Å². The molecule has 1 unspecified atom stereocenters. The highest BCUT2D eigenvalue weighted by Gasteiger charge is 2.49. The van der Waals surface area contributed by atoms with Crippen molar-refractivity contribution in [1.82, 2.24) is 10.2 Å². The molecule has 4 rings (SSSR count). The van der Waals surface area contributed by atoms with E-state index < -0.39 is 17.2 Å². The highest BCUT2D eigenvalue weighted by molar-refractivity contribution is 9.10. The molecule has 6 nitrogen and oxygen atoms in total. The molecule has 1 aromatic heterocycles. The molecule has 0 radical (unpaired) electrons. The smallest absolute Gasteiger partial charge is 0.336 e. The van der Waals surface area contributed by atoms with E-state index in [0.29, 0.717) is 22.1 Å². The zero-order valence-electron chi connectivity index (χ0n) is 16.0. The fourth-order valence-electron chi connectivity index (χ4n) is 3.69. The van der Waals surface area contributed by atoms with Gasteiger partial charge in [-0.3, -0.25) is 9.69 Å². The van der Waals surface area contributed by atoms with Crippen LogP contribution in [0.2, 0.25) is 0 Å². The van der Waals surface area contributed by atoms with Crippen molar-refractivity contribution in [3.63, 3.8) is 0 Å². The van der Waals surface area contributed by atoms with Crippen molar-refractivity contribution in [3.8, 4) is 0 Å². The topological polar surface area (TPSA) is 79.6 Å². The number of nitrogens with one attached hydrogen (secondary N) is 1. The molecule has 2 heterocycles. The molecular weight excluding hydrogens is 436 g/mol. The maximum atomic E-state index is 13.2. The Morgan fingerprint density at radius 3 is 2.59 bits per heavy atom. The molecule has 7 heteroatoms. The lowest BCUT2D eigenvalue weighted by Gasteiger charge is -2.23. The van der Waals surface area contributed by atoms with E-state index in [9.17, 15) is 14.4 Å². The Hall–Kier alpha value is -2.93. The molecule has 1 saturated heterocycles. The van der Waals surface area contributed by atoms with E-state index in [0.717, 1.165) is 21.4 Å². The van der Waals surface area contributed by atoms with Crippen LogP contribution >= 0.6 is 15.9 Å². The second kappa shape index (κ2) is 7.15. The highest BCUT2D eigenvalue weighted by Crippen LogP contribution is 2.34. The van der Waals surface area contributed by atoms with Crippen LogP contribution in [0, 0.1) is 0 Å². The Kier molecular flexibility index (Phi) is 4.78. The largest absolute Gasteiger partial charge is 0.423 e. The first kappa shape index (κ1) is 19.4. The Morgan fingerprint density at radius 1 is 1.10 bits per heavy atom. The number of nitrogens with zero attached hydrogens (tertiary/aromatic N) is 1. The SMILES string of the molecule is CCc1ccc2c(CN3C(=O)NC(C)(c4ccccc4Br)C3=O)cc(=O)oc2c1. The van der Waals surface area contributed by atoms with E-state index in [-0.39, 0.29) is 12.5 Å². The summed E-state index contributed by atoms with van der Waals surface area (Å²) in [5, 5.41) is 3.50. The first-order chi connectivity index (χ1) is 13.8. The summed E-state index contributed by atoms with van der Waals surface area (Å²) in [4.78, 5) is 39.1. The molecular formula is C22H19BrN2O4. The van der Waals surface area contributed by atoms with Gasteiger partial charge in [0.05, 0.1) is 6.54 Å². The van der Waals surface area contributed by atoms with Crippen LogP contribution in [0.3, 0.4) is 0 Å². The normalized spacial score (nSPS) is 19.1. The number of amides is 3. The molecule has 1 aliphatic heterocycles. The monoisotopic (exact) mass is 454 g/mol. The van der Waals surface area contributed by atoms with Gasteiger partial charge in [0.1, 0.15) is 11.1 Å². The van der Waals surface area contributed by atoms with Crippen molar-refractivity contribution < 1.29 is 14.0 Å². The summed E-state index contributed by atoms with van der Waals surface area (Å²) >= 11 is 3.46. The summed E-state index contributed by atoms with van der Waals surface area (Å²) in [5.41, 5.74) is 1.02. The minimum absolute atomic E-state index is 0.0156. The van der Waals surface area contributed by atoms with E-state index in [4.69, 9.17) is 4.42 Å². The van der Waals surface area contributed by atoms with Crippen LogP contribution in [0.5, 0.6) is 0 Å². The molecule has 3 aromatic rings. The lowest BCUT2D eigenvalue weighted by atomic mass is 9.92. The van der Waals surface area contributed by atoms with Crippen LogP contribution in [-0.2, 0) is 23.3 Å². The van der Waals surface area contributed by atoms with Crippen LogP contribution in [0.15, 0.2) is 62.2 Å². The van der Waals surface area contributed by atoms with Crippen molar-refractivity contribution in [3.05, 3.63) is 80.1 Å². The van der Waals surface area contributed by atoms with Gasteiger partial charge >= 0.3 is 11.7 Å². The summed E-state index contributed by atoms with van der Waals surface area (Å²) in [5.74, 6) is -0.374. The molecule has 1 N–H and O–H groups in total. The third-order valence-corrected chi connectivity index (χ3v) is 6.01. The summed E-state index contributed by atoms with van der Waals surface area (Å²) < 4.78 is 6.06. The van der Waals surface area contributed by atoms with Crippen molar-refractivity contribution >= 4 is 38.8 Å². The molecule has 0 aliphatic carbocycles. The van der Waals surface area contributed by atoms with Crippen LogP contribution in [0.4, 0.5) is 4.79 Å². The van der Waals surface area contributed by atoms with Gasteiger partial charge in [-0.1, -0.05) is 53.2 Å². The first-order valence-electron chi connectivity index (χ1n) is 9.28. The van der Waals surface area contributed by atoms with E-state index in [1.807, 2.05) is 43.3 Å². The van der Waals surface area contributed by atoms with Crippen LogP contribution in [-0.4, -0.2) is 16.8 Å². The van der Waals surface area contributed by atoms with Gasteiger partial charge < -0.3 is 9.73 Å². The number of imide groups is 1. The second-order valence-corrected chi connectivity index (χ2v) is 8.06. The molecule has 1 atom stereocenters. The highest BCUT2D eigenvalue weighted by atomic mass is 79.9. The molecule has 1 fully saturated rings. The van der Waals surface area contributed by atoms with Crippen molar-refractivity contribution in [1.29, 1.82) is 0 Å². The Balaban J connectivity index is 1.74. The van der Waals surface area contributed by atoms with Crippen LogP contribution in [0.25, 0.3) is 11.0 Å².